The number of guanidine groups is 1. The lowest BCUT2D eigenvalue weighted by molar-refractivity contribution is 0.397. The maximum Gasteiger partial charge on any atom is 0.188 e. The highest BCUT2D eigenvalue weighted by atomic mass is 15.1. The summed E-state index contributed by atoms with van der Waals surface area (Å²) in [6.45, 7) is 3.26. The van der Waals surface area contributed by atoms with E-state index in [1.807, 2.05) is 0 Å². The van der Waals surface area contributed by atoms with Gasteiger partial charge in [-0.15, -0.1) is 0 Å². The Bertz CT molecular complexity index is 222. The SMILES string of the molecule is CN1CCC(CN=C(N)NC2CC2)C1. The smallest absolute Gasteiger partial charge is 0.188 e. The molecule has 0 amide bonds. The average Bonchev–Trinajstić information content (AvgIpc) is 2.85. The largest absolute Gasteiger partial charge is 0.370 e. The van der Waals surface area contributed by atoms with Crippen molar-refractivity contribution in [3.05, 3.63) is 0 Å². The van der Waals surface area contributed by atoms with Crippen LogP contribution >= 0.6 is 0 Å². The van der Waals surface area contributed by atoms with Gasteiger partial charge in [-0.3, -0.25) is 4.99 Å². The maximum atomic E-state index is 5.75. The normalized spacial score (nSPS) is 29.5. The van der Waals surface area contributed by atoms with Gasteiger partial charge in [-0.05, 0) is 38.8 Å². The van der Waals surface area contributed by atoms with E-state index in [1.165, 1.54) is 32.4 Å². The van der Waals surface area contributed by atoms with Gasteiger partial charge in [0.05, 0.1) is 0 Å². The maximum absolute atomic E-state index is 5.75. The van der Waals surface area contributed by atoms with Crippen molar-refractivity contribution in [3.8, 4) is 0 Å². The first-order chi connectivity index (χ1) is 6.74. The molecule has 4 heteroatoms. The van der Waals surface area contributed by atoms with E-state index in [9.17, 15) is 0 Å². The lowest BCUT2D eigenvalue weighted by Crippen LogP contribution is -2.34. The van der Waals surface area contributed by atoms with Gasteiger partial charge in [0.15, 0.2) is 5.96 Å². The molecule has 2 aliphatic rings. The second-order valence-corrected chi connectivity index (χ2v) is 4.56. The van der Waals surface area contributed by atoms with Gasteiger partial charge in [0.1, 0.15) is 0 Å². The summed E-state index contributed by atoms with van der Waals surface area (Å²) < 4.78 is 0. The third kappa shape index (κ3) is 2.87. The fourth-order valence-electron chi connectivity index (χ4n) is 1.89. The summed E-state index contributed by atoms with van der Waals surface area (Å²) in [6, 6.07) is 0.616. The molecule has 0 spiro atoms. The molecule has 1 aliphatic carbocycles. The Kier molecular flexibility index (Phi) is 2.91. The first-order valence-electron chi connectivity index (χ1n) is 5.49. The summed E-state index contributed by atoms with van der Waals surface area (Å²) in [5.74, 6) is 1.35. The number of nitrogens with two attached hydrogens (primary N) is 1. The summed E-state index contributed by atoms with van der Waals surface area (Å²) in [7, 11) is 2.16. The Morgan fingerprint density at radius 1 is 1.50 bits per heavy atom. The Hall–Kier alpha value is -0.770. The first-order valence-corrected chi connectivity index (χ1v) is 5.49. The van der Waals surface area contributed by atoms with Gasteiger partial charge in [-0.2, -0.15) is 0 Å². The molecule has 1 saturated carbocycles. The van der Waals surface area contributed by atoms with E-state index in [4.69, 9.17) is 5.73 Å². The molecule has 14 heavy (non-hydrogen) atoms. The molecule has 1 atom stereocenters. The van der Waals surface area contributed by atoms with Gasteiger partial charge in [0, 0.05) is 19.1 Å². The molecule has 2 rings (SSSR count). The molecule has 1 saturated heterocycles. The first kappa shape index (κ1) is 9.77. The van der Waals surface area contributed by atoms with Gasteiger partial charge in [-0.25, -0.2) is 0 Å². The predicted molar refractivity (Wildman–Crippen MR) is 58.3 cm³/mol. The number of likely N-dealkylation sites (tertiary alicyclic amines) is 1. The highest BCUT2D eigenvalue weighted by molar-refractivity contribution is 5.78. The Balaban J connectivity index is 1.68. The third-order valence-electron chi connectivity index (χ3n) is 2.94. The zero-order chi connectivity index (χ0) is 9.97. The van der Waals surface area contributed by atoms with Crippen LogP contribution in [0.15, 0.2) is 4.99 Å². The Morgan fingerprint density at radius 3 is 2.86 bits per heavy atom. The number of rotatable bonds is 3. The van der Waals surface area contributed by atoms with Crippen LogP contribution in [-0.4, -0.2) is 43.6 Å². The predicted octanol–water partition coefficient (Wildman–Crippen LogP) is 0.00480. The highest BCUT2D eigenvalue weighted by Crippen LogP contribution is 2.18. The van der Waals surface area contributed by atoms with E-state index in [2.05, 4.69) is 22.3 Å². The monoisotopic (exact) mass is 196 g/mol. The van der Waals surface area contributed by atoms with E-state index >= 15 is 0 Å². The van der Waals surface area contributed by atoms with Crippen molar-refractivity contribution >= 4 is 5.96 Å². The molecule has 3 N–H and O–H groups in total. The van der Waals surface area contributed by atoms with Gasteiger partial charge >= 0.3 is 0 Å². The van der Waals surface area contributed by atoms with Crippen LogP contribution in [0.2, 0.25) is 0 Å². The van der Waals surface area contributed by atoms with Crippen molar-refractivity contribution in [1.29, 1.82) is 0 Å². The molecule has 2 fully saturated rings. The lowest BCUT2D eigenvalue weighted by atomic mass is 10.1. The van der Waals surface area contributed by atoms with Crippen LogP contribution in [0.4, 0.5) is 0 Å². The molecule has 0 aromatic heterocycles. The minimum absolute atomic E-state index is 0.616. The van der Waals surface area contributed by atoms with Crippen LogP contribution < -0.4 is 11.1 Å². The molecule has 0 aromatic rings. The minimum atomic E-state index is 0.616. The van der Waals surface area contributed by atoms with Crippen LogP contribution in [0.3, 0.4) is 0 Å². The molecule has 0 bridgehead atoms. The highest BCUT2D eigenvalue weighted by Gasteiger charge is 2.22. The second-order valence-electron chi connectivity index (χ2n) is 4.56. The number of hydrogen-bond acceptors (Lipinski definition) is 2. The van der Waals surface area contributed by atoms with Crippen molar-refractivity contribution in [2.45, 2.75) is 25.3 Å². The Morgan fingerprint density at radius 2 is 2.29 bits per heavy atom. The molecule has 0 radical (unpaired) electrons. The fourth-order valence-corrected chi connectivity index (χ4v) is 1.89. The minimum Gasteiger partial charge on any atom is -0.370 e. The zero-order valence-corrected chi connectivity index (χ0v) is 8.87. The van der Waals surface area contributed by atoms with Gasteiger partial charge in [-0.1, -0.05) is 0 Å². The van der Waals surface area contributed by atoms with E-state index in [0.717, 1.165) is 6.54 Å². The molecule has 1 heterocycles. The van der Waals surface area contributed by atoms with Crippen molar-refractivity contribution in [2.75, 3.05) is 26.7 Å². The van der Waals surface area contributed by atoms with E-state index < -0.39 is 0 Å². The van der Waals surface area contributed by atoms with Gasteiger partial charge < -0.3 is 16.0 Å². The van der Waals surface area contributed by atoms with Crippen molar-refractivity contribution in [3.63, 3.8) is 0 Å². The average molecular weight is 196 g/mol. The van der Waals surface area contributed by atoms with E-state index in [1.54, 1.807) is 0 Å². The summed E-state index contributed by atoms with van der Waals surface area (Å²) in [6.07, 6.45) is 3.77. The van der Waals surface area contributed by atoms with Crippen LogP contribution in [0.1, 0.15) is 19.3 Å². The second kappa shape index (κ2) is 4.17. The number of hydrogen-bond donors (Lipinski definition) is 2. The zero-order valence-electron chi connectivity index (χ0n) is 8.87. The molecule has 1 unspecified atom stereocenters. The van der Waals surface area contributed by atoms with E-state index in [0.29, 0.717) is 17.9 Å². The van der Waals surface area contributed by atoms with Crippen LogP contribution in [0, 0.1) is 5.92 Å². The summed E-state index contributed by atoms with van der Waals surface area (Å²) in [4.78, 5) is 6.73. The third-order valence-corrected chi connectivity index (χ3v) is 2.94. The summed E-state index contributed by atoms with van der Waals surface area (Å²) in [5.41, 5.74) is 5.75. The number of nitrogens with zero attached hydrogens (tertiary/aromatic N) is 2. The molecular formula is C10H20N4. The van der Waals surface area contributed by atoms with Gasteiger partial charge in [0.2, 0.25) is 0 Å². The summed E-state index contributed by atoms with van der Waals surface area (Å²) >= 11 is 0. The van der Waals surface area contributed by atoms with Gasteiger partial charge in [0.25, 0.3) is 0 Å². The van der Waals surface area contributed by atoms with Crippen molar-refractivity contribution in [1.82, 2.24) is 10.2 Å². The number of nitrogens with one attached hydrogen (secondary N) is 1. The molecule has 0 aromatic carbocycles. The standard InChI is InChI=1S/C10H20N4/c1-14-5-4-8(7-14)6-12-10(11)13-9-2-3-9/h8-9H,2-7H2,1H3,(H3,11,12,13). The lowest BCUT2D eigenvalue weighted by Gasteiger charge is -2.08. The quantitative estimate of drug-likeness (QED) is 0.493. The van der Waals surface area contributed by atoms with Crippen LogP contribution in [-0.2, 0) is 0 Å². The fraction of sp³-hybridized carbons (Fsp3) is 0.900. The number of aliphatic imine (C=N–C) groups is 1. The molecule has 80 valence electrons. The molecule has 1 aliphatic heterocycles. The molecular weight excluding hydrogens is 176 g/mol. The summed E-state index contributed by atoms with van der Waals surface area (Å²) in [5, 5.41) is 3.20. The van der Waals surface area contributed by atoms with Crippen LogP contribution in [0.25, 0.3) is 0 Å². The molecule has 4 nitrogen and oxygen atoms in total. The van der Waals surface area contributed by atoms with Crippen molar-refractivity contribution in [2.24, 2.45) is 16.6 Å². The van der Waals surface area contributed by atoms with Crippen LogP contribution in [0.5, 0.6) is 0 Å². The topological polar surface area (TPSA) is 53.6 Å². The Labute approximate surface area is 85.6 Å². The van der Waals surface area contributed by atoms with E-state index in [-0.39, 0.29) is 0 Å². The van der Waals surface area contributed by atoms with Crippen molar-refractivity contribution < 1.29 is 0 Å².